The van der Waals surface area contributed by atoms with Gasteiger partial charge in [-0.1, -0.05) is 12.8 Å². The molecule has 0 aromatic rings. The van der Waals surface area contributed by atoms with E-state index in [2.05, 4.69) is 0 Å². The van der Waals surface area contributed by atoms with Gasteiger partial charge in [-0.3, -0.25) is 0 Å². The zero-order valence-electron chi connectivity index (χ0n) is 8.10. The highest BCUT2D eigenvalue weighted by Gasteiger charge is 2.65. The molecule has 0 unspecified atom stereocenters. The van der Waals surface area contributed by atoms with E-state index < -0.39 is 16.9 Å². The fourth-order valence-corrected chi connectivity index (χ4v) is 3.02. The lowest BCUT2D eigenvalue weighted by Gasteiger charge is -2.54. The van der Waals surface area contributed by atoms with Crippen LogP contribution in [0.2, 0.25) is 0 Å². The molecule has 2 aliphatic carbocycles. The van der Waals surface area contributed by atoms with Crippen LogP contribution in [0, 0.1) is 5.41 Å². The van der Waals surface area contributed by atoms with Crippen molar-refractivity contribution in [3.63, 3.8) is 0 Å². The molecule has 2 saturated carbocycles. The van der Waals surface area contributed by atoms with Crippen molar-refractivity contribution in [2.24, 2.45) is 5.41 Å². The van der Waals surface area contributed by atoms with Gasteiger partial charge >= 0.3 is 0 Å². The second-order valence-electron chi connectivity index (χ2n) is 4.89. The van der Waals surface area contributed by atoms with E-state index in [0.29, 0.717) is 12.8 Å². The normalized spacial score (nSPS) is 32.6. The largest absolute Gasteiger partial charge is 0.396 e. The van der Waals surface area contributed by atoms with Crippen LogP contribution in [0.3, 0.4) is 0 Å². The minimum atomic E-state index is -2.68. The molecule has 4 heteroatoms. The molecule has 0 spiro atoms. The highest BCUT2D eigenvalue weighted by molar-refractivity contribution is 5.11. The Kier molecular flexibility index (Phi) is 2.13. The Labute approximate surface area is 81.9 Å². The first kappa shape index (κ1) is 10.3. The Morgan fingerprint density at radius 2 is 1.57 bits per heavy atom. The predicted molar refractivity (Wildman–Crippen MR) is 47.1 cm³/mol. The van der Waals surface area contributed by atoms with Crippen molar-refractivity contribution in [1.29, 1.82) is 0 Å². The second-order valence-corrected chi connectivity index (χ2v) is 4.89. The summed E-state index contributed by atoms with van der Waals surface area (Å²) in [5.41, 5.74) is -1.96. The molecule has 0 saturated heterocycles. The third-order valence-electron chi connectivity index (χ3n) is 3.91. The van der Waals surface area contributed by atoms with E-state index in [1.807, 2.05) is 0 Å². The van der Waals surface area contributed by atoms with Crippen molar-refractivity contribution in [3.8, 4) is 0 Å². The van der Waals surface area contributed by atoms with Crippen LogP contribution in [0.4, 0.5) is 8.78 Å². The second kappa shape index (κ2) is 2.89. The Morgan fingerprint density at radius 3 is 1.93 bits per heavy atom. The zero-order valence-corrected chi connectivity index (χ0v) is 8.10. The zero-order chi connectivity index (χ0) is 10.4. The van der Waals surface area contributed by atoms with Gasteiger partial charge in [0.05, 0.1) is 12.2 Å². The van der Waals surface area contributed by atoms with Gasteiger partial charge in [-0.15, -0.1) is 0 Å². The summed E-state index contributed by atoms with van der Waals surface area (Å²) in [5, 5.41) is 19.4. The molecule has 0 radical (unpaired) electrons. The maximum atomic E-state index is 12.8. The van der Waals surface area contributed by atoms with E-state index in [9.17, 15) is 19.0 Å². The first-order chi connectivity index (χ1) is 6.43. The van der Waals surface area contributed by atoms with Crippen LogP contribution < -0.4 is 0 Å². The molecule has 2 nitrogen and oxygen atoms in total. The van der Waals surface area contributed by atoms with Crippen molar-refractivity contribution in [2.75, 3.05) is 6.61 Å². The number of alkyl halides is 2. The minimum Gasteiger partial charge on any atom is -0.396 e. The molecule has 2 rings (SSSR count). The van der Waals surface area contributed by atoms with Gasteiger partial charge in [0.1, 0.15) is 0 Å². The van der Waals surface area contributed by atoms with E-state index in [4.69, 9.17) is 0 Å². The van der Waals surface area contributed by atoms with Crippen LogP contribution in [-0.2, 0) is 0 Å². The first-order valence-corrected chi connectivity index (χ1v) is 5.14. The van der Waals surface area contributed by atoms with Crippen molar-refractivity contribution in [1.82, 2.24) is 0 Å². The molecule has 0 atom stereocenters. The number of hydrogen-bond acceptors (Lipinski definition) is 2. The Bertz CT molecular complexity index is 226. The Balaban J connectivity index is 2.14. The number of halogens is 2. The maximum Gasteiger partial charge on any atom is 0.249 e. The van der Waals surface area contributed by atoms with Crippen molar-refractivity contribution in [3.05, 3.63) is 0 Å². The summed E-state index contributed by atoms with van der Waals surface area (Å²) in [7, 11) is 0. The fraction of sp³-hybridized carbons (Fsp3) is 1.00. The predicted octanol–water partition coefficient (Wildman–Crippen LogP) is 1.70. The summed E-state index contributed by atoms with van der Waals surface area (Å²) in [6.07, 6.45) is 2.17. The monoisotopic (exact) mass is 206 g/mol. The van der Waals surface area contributed by atoms with E-state index in [1.54, 1.807) is 0 Å². The summed E-state index contributed by atoms with van der Waals surface area (Å²) < 4.78 is 25.6. The quantitative estimate of drug-likeness (QED) is 0.722. The molecule has 14 heavy (non-hydrogen) atoms. The molecule has 2 fully saturated rings. The molecule has 2 N–H and O–H groups in total. The average molecular weight is 206 g/mol. The van der Waals surface area contributed by atoms with Crippen LogP contribution in [0.1, 0.15) is 38.5 Å². The van der Waals surface area contributed by atoms with Gasteiger partial charge in [0, 0.05) is 18.3 Å². The van der Waals surface area contributed by atoms with Crippen molar-refractivity contribution < 1.29 is 19.0 Å². The first-order valence-electron chi connectivity index (χ1n) is 5.14. The average Bonchev–Trinajstić information content (AvgIpc) is 2.48. The lowest BCUT2D eigenvalue weighted by atomic mass is 9.56. The molecule has 0 aromatic carbocycles. The van der Waals surface area contributed by atoms with Crippen LogP contribution in [-0.4, -0.2) is 28.3 Å². The maximum absolute atomic E-state index is 12.8. The highest BCUT2D eigenvalue weighted by atomic mass is 19.3. The molecule has 0 aromatic heterocycles. The minimum absolute atomic E-state index is 0.320. The molecule has 0 bridgehead atoms. The van der Waals surface area contributed by atoms with Gasteiger partial charge < -0.3 is 10.2 Å². The lowest BCUT2D eigenvalue weighted by molar-refractivity contribution is -0.249. The Morgan fingerprint density at radius 1 is 1.07 bits per heavy atom. The molecule has 0 aliphatic heterocycles. The van der Waals surface area contributed by atoms with Gasteiger partial charge in [0.15, 0.2) is 0 Å². The highest BCUT2D eigenvalue weighted by Crippen LogP contribution is 2.61. The number of aliphatic hydroxyl groups excluding tert-OH is 1. The lowest BCUT2D eigenvalue weighted by Crippen LogP contribution is -2.61. The topological polar surface area (TPSA) is 40.5 Å². The summed E-state index contributed by atoms with van der Waals surface area (Å²) in [6.45, 7) is -0.320. The summed E-state index contributed by atoms with van der Waals surface area (Å²) >= 11 is 0. The third-order valence-corrected chi connectivity index (χ3v) is 3.91. The van der Waals surface area contributed by atoms with Gasteiger partial charge in [0.2, 0.25) is 5.92 Å². The standard InChI is InChI=1S/C10H16F2O2/c11-10(12)5-8(6-10,7-13)9(14)3-1-2-4-9/h13-14H,1-7H2. The smallest absolute Gasteiger partial charge is 0.249 e. The van der Waals surface area contributed by atoms with E-state index in [0.717, 1.165) is 12.8 Å². The van der Waals surface area contributed by atoms with Gasteiger partial charge in [-0.2, -0.15) is 0 Å². The number of aliphatic hydroxyl groups is 2. The Hall–Kier alpha value is -0.220. The summed E-state index contributed by atoms with van der Waals surface area (Å²) in [6, 6.07) is 0. The van der Waals surface area contributed by atoms with E-state index >= 15 is 0 Å². The van der Waals surface area contributed by atoms with Crippen LogP contribution >= 0.6 is 0 Å². The van der Waals surface area contributed by atoms with Crippen LogP contribution in [0.15, 0.2) is 0 Å². The molecular formula is C10H16F2O2. The van der Waals surface area contributed by atoms with Crippen LogP contribution in [0.25, 0.3) is 0 Å². The van der Waals surface area contributed by atoms with E-state index in [-0.39, 0.29) is 19.4 Å². The van der Waals surface area contributed by atoms with Crippen LogP contribution in [0.5, 0.6) is 0 Å². The van der Waals surface area contributed by atoms with Gasteiger partial charge in [-0.25, -0.2) is 8.78 Å². The summed E-state index contributed by atoms with van der Waals surface area (Å²) in [4.78, 5) is 0. The van der Waals surface area contributed by atoms with Crippen molar-refractivity contribution in [2.45, 2.75) is 50.0 Å². The third kappa shape index (κ3) is 1.27. The molecule has 0 amide bonds. The fourth-order valence-electron chi connectivity index (χ4n) is 3.02. The molecule has 2 aliphatic rings. The van der Waals surface area contributed by atoms with Gasteiger partial charge in [0.25, 0.3) is 0 Å². The summed E-state index contributed by atoms with van der Waals surface area (Å²) in [5.74, 6) is -2.68. The molecule has 82 valence electrons. The van der Waals surface area contributed by atoms with Gasteiger partial charge in [-0.05, 0) is 12.8 Å². The molecule has 0 heterocycles. The van der Waals surface area contributed by atoms with E-state index in [1.165, 1.54) is 0 Å². The number of hydrogen-bond donors (Lipinski definition) is 2. The number of rotatable bonds is 2. The molecular weight excluding hydrogens is 190 g/mol. The van der Waals surface area contributed by atoms with Crippen molar-refractivity contribution >= 4 is 0 Å². The SMILES string of the molecule is OCC1(C2(O)CCCC2)CC(F)(F)C1.